The van der Waals surface area contributed by atoms with Gasteiger partial charge in [-0.3, -0.25) is 19.2 Å². The normalized spacial score (nSPS) is 13.5. The summed E-state index contributed by atoms with van der Waals surface area (Å²) in [6, 6.07) is 19.2. The summed E-state index contributed by atoms with van der Waals surface area (Å²) in [5.74, 6) is -1.87. The van der Waals surface area contributed by atoms with Crippen LogP contribution < -0.4 is 10.2 Å². The van der Waals surface area contributed by atoms with E-state index in [1.165, 1.54) is 25.2 Å². The Morgan fingerprint density at radius 3 is 2.27 bits per heavy atom. The zero-order valence-electron chi connectivity index (χ0n) is 22.5. The van der Waals surface area contributed by atoms with Crippen molar-refractivity contribution in [1.82, 2.24) is 5.06 Å². The largest absolute Gasteiger partial charge is 0.465 e. The number of rotatable bonds is 8. The summed E-state index contributed by atoms with van der Waals surface area (Å²) < 4.78 is 4.89. The number of amides is 3. The van der Waals surface area contributed by atoms with Gasteiger partial charge in [0.1, 0.15) is 0 Å². The highest BCUT2D eigenvalue weighted by Crippen LogP contribution is 2.42. The third-order valence-electron chi connectivity index (χ3n) is 6.35. The molecule has 0 bridgehead atoms. The minimum absolute atomic E-state index is 0.265. The number of esters is 1. The molecule has 10 heteroatoms. The minimum atomic E-state index is -0.562. The van der Waals surface area contributed by atoms with E-state index in [0.29, 0.717) is 51.3 Å². The van der Waals surface area contributed by atoms with Crippen LogP contribution in [0.4, 0.5) is 11.4 Å². The lowest BCUT2D eigenvalue weighted by Gasteiger charge is -2.17. The Hall–Kier alpha value is -4.28. The van der Waals surface area contributed by atoms with Crippen LogP contribution in [0.2, 0.25) is 0 Å². The predicted octanol–water partition coefficient (Wildman–Crippen LogP) is 5.05. The van der Waals surface area contributed by atoms with Gasteiger partial charge in [-0.15, -0.1) is 0 Å². The van der Waals surface area contributed by atoms with E-state index in [9.17, 15) is 19.2 Å². The number of alkyl halides is 1. The third kappa shape index (κ3) is 5.68. The number of fused-ring (bicyclic) bond motifs is 1. The van der Waals surface area contributed by atoms with E-state index in [4.69, 9.17) is 9.57 Å². The van der Waals surface area contributed by atoms with Crippen LogP contribution in [0.15, 0.2) is 66.7 Å². The Kier molecular flexibility index (Phi) is 8.81. The number of halogens is 1. The number of imide groups is 1. The summed E-state index contributed by atoms with van der Waals surface area (Å²) in [6.07, 6.45) is 0. The summed E-state index contributed by atoms with van der Waals surface area (Å²) in [5.41, 5.74) is 4.17. The molecule has 0 saturated carbocycles. The molecule has 0 spiro atoms. The average Bonchev–Trinajstić information content (AvgIpc) is 3.24. The van der Waals surface area contributed by atoms with Crippen LogP contribution in [0.3, 0.4) is 0 Å². The second kappa shape index (κ2) is 12.3. The van der Waals surface area contributed by atoms with Crippen LogP contribution in [0.25, 0.3) is 11.3 Å². The highest BCUT2D eigenvalue weighted by atomic mass is 79.9. The van der Waals surface area contributed by atoms with Gasteiger partial charge in [-0.25, -0.2) is 14.8 Å². The van der Waals surface area contributed by atoms with Gasteiger partial charge in [0.25, 0.3) is 11.8 Å². The van der Waals surface area contributed by atoms with Crippen molar-refractivity contribution >= 4 is 62.3 Å². The van der Waals surface area contributed by atoms with Crippen molar-refractivity contribution in [1.29, 1.82) is 0 Å². The van der Waals surface area contributed by atoms with Gasteiger partial charge in [-0.2, -0.15) is 0 Å². The van der Waals surface area contributed by atoms with Crippen LogP contribution in [-0.4, -0.2) is 54.8 Å². The maximum Gasteiger partial charge on any atom is 0.338 e. The molecule has 0 fully saturated rings. The number of hydrogen-bond acceptors (Lipinski definition) is 7. The van der Waals surface area contributed by atoms with Gasteiger partial charge in [0.15, 0.2) is 0 Å². The SMILES string of the molecule is COC(=O)c1cc2c(cc1C)/C(=C(/Nc1ccc(C(=O)N(C)OCCBr)cc1)c1ccccc1)C(=O)N2C(C)=O. The standard InChI is InChI=1S/C30H28BrN3O6/c1-18-16-24-25(17-23(18)30(38)39-4)34(19(2)35)29(37)26(24)27(20-8-6-5-7-9-20)32-22-12-10-21(11-13-22)28(36)33(3)40-15-14-31/h5-13,16-17,32H,14-15H2,1-4H3/b27-26-. The second-order valence-corrected chi connectivity index (χ2v) is 9.77. The molecule has 1 aliphatic heterocycles. The highest BCUT2D eigenvalue weighted by molar-refractivity contribution is 9.09. The maximum atomic E-state index is 13.8. The number of nitrogens with one attached hydrogen (secondary N) is 1. The number of carbonyl (C=O) groups is 4. The van der Waals surface area contributed by atoms with Gasteiger partial charge in [0.2, 0.25) is 5.91 Å². The van der Waals surface area contributed by atoms with Gasteiger partial charge >= 0.3 is 5.97 Å². The molecule has 0 saturated heterocycles. The van der Waals surface area contributed by atoms with Crippen molar-refractivity contribution < 1.29 is 28.8 Å². The van der Waals surface area contributed by atoms with Crippen LogP contribution in [0, 0.1) is 6.92 Å². The fraction of sp³-hybridized carbons (Fsp3) is 0.200. The van der Waals surface area contributed by atoms with Crippen molar-refractivity contribution in [2.75, 3.05) is 36.3 Å². The zero-order chi connectivity index (χ0) is 29.0. The third-order valence-corrected chi connectivity index (χ3v) is 6.68. The molecule has 40 heavy (non-hydrogen) atoms. The Morgan fingerprint density at radius 1 is 1.00 bits per heavy atom. The van der Waals surface area contributed by atoms with Crippen molar-refractivity contribution in [3.63, 3.8) is 0 Å². The Bertz CT molecular complexity index is 1500. The molecule has 3 amide bonds. The number of carbonyl (C=O) groups excluding carboxylic acids is 4. The number of methoxy groups -OCH3 is 1. The Balaban J connectivity index is 1.83. The average molecular weight is 606 g/mol. The van der Waals surface area contributed by atoms with E-state index in [1.54, 1.807) is 44.3 Å². The van der Waals surface area contributed by atoms with Crippen molar-refractivity contribution in [3.05, 3.63) is 94.5 Å². The van der Waals surface area contributed by atoms with Gasteiger partial charge in [-0.05, 0) is 54.4 Å². The first kappa shape index (κ1) is 28.7. The first-order chi connectivity index (χ1) is 19.2. The molecular formula is C30H28BrN3O6. The molecule has 0 unspecified atom stereocenters. The number of hydroxylamine groups is 2. The number of nitrogens with zero attached hydrogens (tertiary/aromatic N) is 2. The summed E-state index contributed by atoms with van der Waals surface area (Å²) in [7, 11) is 2.82. The molecule has 1 N–H and O–H groups in total. The molecule has 3 aromatic carbocycles. The molecule has 1 heterocycles. The molecule has 0 aromatic heterocycles. The number of benzene rings is 3. The summed E-state index contributed by atoms with van der Waals surface area (Å²) >= 11 is 3.26. The summed E-state index contributed by atoms with van der Waals surface area (Å²) in [6.45, 7) is 3.39. The number of hydrogen-bond donors (Lipinski definition) is 1. The highest BCUT2D eigenvalue weighted by Gasteiger charge is 2.38. The fourth-order valence-electron chi connectivity index (χ4n) is 4.44. The number of ether oxygens (including phenoxy) is 1. The number of anilines is 2. The lowest BCUT2D eigenvalue weighted by atomic mass is 9.96. The number of aryl methyl sites for hydroxylation is 1. The van der Waals surface area contributed by atoms with Crippen LogP contribution in [0.1, 0.15) is 44.3 Å². The maximum absolute atomic E-state index is 13.8. The molecule has 0 aliphatic carbocycles. The van der Waals surface area contributed by atoms with Crippen LogP contribution >= 0.6 is 15.9 Å². The fourth-order valence-corrected chi connectivity index (χ4v) is 4.58. The van der Waals surface area contributed by atoms with Crippen molar-refractivity contribution in [3.8, 4) is 0 Å². The van der Waals surface area contributed by atoms with E-state index in [-0.39, 0.29) is 17.0 Å². The quantitative estimate of drug-likeness (QED) is 0.166. The second-order valence-electron chi connectivity index (χ2n) is 8.98. The molecule has 3 aromatic rings. The van der Waals surface area contributed by atoms with Crippen LogP contribution in [-0.2, 0) is 19.2 Å². The molecule has 0 atom stereocenters. The summed E-state index contributed by atoms with van der Waals surface area (Å²) in [5, 5.41) is 5.10. The molecular weight excluding hydrogens is 578 g/mol. The molecule has 4 rings (SSSR count). The van der Waals surface area contributed by atoms with Gasteiger partial charge in [0, 0.05) is 36.1 Å². The lowest BCUT2D eigenvalue weighted by molar-refractivity contribution is -0.122. The van der Waals surface area contributed by atoms with E-state index in [2.05, 4.69) is 21.2 Å². The van der Waals surface area contributed by atoms with E-state index in [0.717, 1.165) is 4.90 Å². The Labute approximate surface area is 240 Å². The van der Waals surface area contributed by atoms with Gasteiger partial charge in [0.05, 0.1) is 36.2 Å². The smallest absolute Gasteiger partial charge is 0.338 e. The predicted molar refractivity (Wildman–Crippen MR) is 156 cm³/mol. The van der Waals surface area contributed by atoms with Crippen molar-refractivity contribution in [2.45, 2.75) is 13.8 Å². The van der Waals surface area contributed by atoms with E-state index < -0.39 is 17.8 Å². The molecule has 1 aliphatic rings. The first-order valence-corrected chi connectivity index (χ1v) is 13.5. The molecule has 206 valence electrons. The summed E-state index contributed by atoms with van der Waals surface area (Å²) in [4.78, 5) is 57.9. The lowest BCUT2D eigenvalue weighted by Crippen LogP contribution is -2.31. The topological polar surface area (TPSA) is 105 Å². The Morgan fingerprint density at radius 2 is 1.68 bits per heavy atom. The molecule has 9 nitrogen and oxygen atoms in total. The van der Waals surface area contributed by atoms with E-state index >= 15 is 0 Å². The molecule has 0 radical (unpaired) electrons. The van der Waals surface area contributed by atoms with E-state index in [1.807, 2.05) is 30.3 Å². The van der Waals surface area contributed by atoms with Crippen molar-refractivity contribution in [2.24, 2.45) is 0 Å². The van der Waals surface area contributed by atoms with Gasteiger partial charge < -0.3 is 10.1 Å². The zero-order valence-corrected chi connectivity index (χ0v) is 24.1. The first-order valence-electron chi connectivity index (χ1n) is 12.4. The van der Waals surface area contributed by atoms with Gasteiger partial charge in [-0.1, -0.05) is 46.3 Å². The minimum Gasteiger partial charge on any atom is -0.465 e. The monoisotopic (exact) mass is 605 g/mol. The van der Waals surface area contributed by atoms with Crippen LogP contribution in [0.5, 0.6) is 0 Å².